The lowest BCUT2D eigenvalue weighted by molar-refractivity contribution is 0.482. The molecule has 19 heavy (non-hydrogen) atoms. The van der Waals surface area contributed by atoms with Crippen LogP contribution in [0.5, 0.6) is 0 Å². The molecular weight excluding hydrogens is 264 g/mol. The van der Waals surface area contributed by atoms with E-state index in [0.717, 1.165) is 12.8 Å². The first-order valence-corrected chi connectivity index (χ1v) is 7.23. The number of hydrogen-bond donors (Lipinski definition) is 1. The Bertz CT molecular complexity index is 664. The van der Waals surface area contributed by atoms with Crippen molar-refractivity contribution in [1.29, 1.82) is 10.5 Å². The molecule has 0 radical (unpaired) electrons. The van der Waals surface area contributed by atoms with E-state index in [2.05, 4.69) is 4.72 Å². The quantitative estimate of drug-likeness (QED) is 0.896. The van der Waals surface area contributed by atoms with Crippen molar-refractivity contribution in [2.45, 2.75) is 12.8 Å². The molecule has 0 spiro atoms. The van der Waals surface area contributed by atoms with Gasteiger partial charge in [0.15, 0.2) is 0 Å². The molecule has 1 fully saturated rings. The fraction of sp³-hybridized carbons (Fsp3) is 0.333. The zero-order chi connectivity index (χ0) is 13.9. The van der Waals surface area contributed by atoms with Crippen LogP contribution in [0.25, 0.3) is 0 Å². The molecule has 1 heterocycles. The predicted octanol–water partition coefficient (Wildman–Crippen LogP) is 1.18. The first-order valence-electron chi connectivity index (χ1n) is 5.79. The van der Waals surface area contributed by atoms with Crippen molar-refractivity contribution < 1.29 is 8.42 Å². The zero-order valence-electron chi connectivity index (χ0n) is 10.1. The van der Waals surface area contributed by atoms with E-state index < -0.39 is 10.2 Å². The maximum Gasteiger partial charge on any atom is 0.301 e. The van der Waals surface area contributed by atoms with E-state index in [-0.39, 0.29) is 11.1 Å². The molecule has 0 unspecified atom stereocenters. The van der Waals surface area contributed by atoms with Gasteiger partial charge in [-0.2, -0.15) is 23.2 Å². The third-order valence-electron chi connectivity index (χ3n) is 2.91. The smallest absolute Gasteiger partial charge is 0.271 e. The van der Waals surface area contributed by atoms with Gasteiger partial charge < -0.3 is 0 Å². The molecule has 0 aliphatic carbocycles. The van der Waals surface area contributed by atoms with Gasteiger partial charge >= 0.3 is 10.2 Å². The number of benzene rings is 1. The van der Waals surface area contributed by atoms with Crippen molar-refractivity contribution in [1.82, 2.24) is 4.31 Å². The molecule has 1 aliphatic heterocycles. The van der Waals surface area contributed by atoms with Gasteiger partial charge in [-0.3, -0.25) is 4.72 Å². The van der Waals surface area contributed by atoms with E-state index in [1.54, 1.807) is 0 Å². The average molecular weight is 276 g/mol. The summed E-state index contributed by atoms with van der Waals surface area (Å²) in [4.78, 5) is 0. The second-order valence-electron chi connectivity index (χ2n) is 4.20. The molecule has 1 aromatic carbocycles. The fourth-order valence-corrected chi connectivity index (χ4v) is 3.23. The van der Waals surface area contributed by atoms with E-state index in [4.69, 9.17) is 10.5 Å². The molecule has 0 amide bonds. The van der Waals surface area contributed by atoms with Crippen LogP contribution in [0.3, 0.4) is 0 Å². The van der Waals surface area contributed by atoms with Crippen LogP contribution in [0.2, 0.25) is 0 Å². The Labute approximate surface area is 112 Å². The van der Waals surface area contributed by atoms with Gasteiger partial charge in [0.05, 0.1) is 16.8 Å². The summed E-state index contributed by atoms with van der Waals surface area (Å²) in [7, 11) is -3.57. The van der Waals surface area contributed by atoms with Gasteiger partial charge in [-0.05, 0) is 31.0 Å². The molecule has 1 saturated heterocycles. The maximum atomic E-state index is 12.0. The standard InChI is InChI=1S/C12H12N4O2S/c13-8-10-3-4-12(7-11(10)9-14)15-19(17,18)16-5-1-2-6-16/h3-4,7,15H,1-2,5-6H2. The molecule has 1 N–H and O–H groups in total. The maximum absolute atomic E-state index is 12.0. The highest BCUT2D eigenvalue weighted by atomic mass is 32.2. The highest BCUT2D eigenvalue weighted by Gasteiger charge is 2.25. The number of nitrogens with zero attached hydrogens (tertiary/aromatic N) is 3. The van der Waals surface area contributed by atoms with E-state index in [1.165, 1.54) is 22.5 Å². The third-order valence-corrected chi connectivity index (χ3v) is 4.45. The number of nitriles is 2. The summed E-state index contributed by atoms with van der Waals surface area (Å²) in [6.07, 6.45) is 1.72. The van der Waals surface area contributed by atoms with Crippen molar-refractivity contribution in [2.24, 2.45) is 0 Å². The van der Waals surface area contributed by atoms with Crippen molar-refractivity contribution in [3.8, 4) is 12.1 Å². The Morgan fingerprint density at radius 3 is 2.32 bits per heavy atom. The van der Waals surface area contributed by atoms with Gasteiger partial charge in [0.2, 0.25) is 0 Å². The van der Waals surface area contributed by atoms with Crippen LogP contribution >= 0.6 is 0 Å². The molecule has 0 bridgehead atoms. The van der Waals surface area contributed by atoms with Crippen LogP contribution in [0.15, 0.2) is 18.2 Å². The normalized spacial score (nSPS) is 15.7. The van der Waals surface area contributed by atoms with Gasteiger partial charge in [-0.1, -0.05) is 0 Å². The van der Waals surface area contributed by atoms with Crippen molar-refractivity contribution >= 4 is 15.9 Å². The van der Waals surface area contributed by atoms with E-state index in [1.807, 2.05) is 12.1 Å². The fourth-order valence-electron chi connectivity index (χ4n) is 1.94. The Morgan fingerprint density at radius 2 is 1.74 bits per heavy atom. The minimum atomic E-state index is -3.57. The van der Waals surface area contributed by atoms with E-state index >= 15 is 0 Å². The molecule has 0 aromatic heterocycles. The van der Waals surface area contributed by atoms with Crippen LogP contribution in [0.1, 0.15) is 24.0 Å². The van der Waals surface area contributed by atoms with Crippen molar-refractivity contribution in [3.05, 3.63) is 29.3 Å². The number of rotatable bonds is 3. The molecule has 6 nitrogen and oxygen atoms in total. The topological polar surface area (TPSA) is 97.0 Å². The summed E-state index contributed by atoms with van der Waals surface area (Å²) in [5, 5.41) is 17.7. The number of nitrogens with one attached hydrogen (secondary N) is 1. The SMILES string of the molecule is N#Cc1ccc(NS(=O)(=O)N2CCCC2)cc1C#N. The molecule has 1 aliphatic rings. The largest absolute Gasteiger partial charge is 0.301 e. The predicted molar refractivity (Wildman–Crippen MR) is 69.2 cm³/mol. The molecular formula is C12H12N4O2S. The summed E-state index contributed by atoms with van der Waals surface area (Å²) in [5.41, 5.74) is 0.679. The lowest BCUT2D eigenvalue weighted by Gasteiger charge is -2.16. The molecule has 0 atom stereocenters. The second-order valence-corrected chi connectivity index (χ2v) is 5.87. The van der Waals surface area contributed by atoms with E-state index in [0.29, 0.717) is 18.8 Å². The molecule has 2 rings (SSSR count). The minimum Gasteiger partial charge on any atom is -0.271 e. The van der Waals surface area contributed by atoms with Crippen LogP contribution < -0.4 is 4.72 Å². The summed E-state index contributed by atoms with van der Waals surface area (Å²) in [5.74, 6) is 0. The second kappa shape index (κ2) is 5.27. The molecule has 0 saturated carbocycles. The van der Waals surface area contributed by atoms with Crippen molar-refractivity contribution in [2.75, 3.05) is 17.8 Å². The van der Waals surface area contributed by atoms with Crippen LogP contribution in [-0.4, -0.2) is 25.8 Å². The summed E-state index contributed by atoms with van der Waals surface area (Å²) < 4.78 is 27.8. The lowest BCUT2D eigenvalue weighted by atomic mass is 10.1. The van der Waals surface area contributed by atoms with Gasteiger partial charge in [-0.15, -0.1) is 0 Å². The highest BCUT2D eigenvalue weighted by Crippen LogP contribution is 2.19. The first kappa shape index (κ1) is 13.3. The lowest BCUT2D eigenvalue weighted by Crippen LogP contribution is -2.33. The van der Waals surface area contributed by atoms with Gasteiger partial charge in [-0.25, -0.2) is 0 Å². The van der Waals surface area contributed by atoms with Crippen LogP contribution in [0.4, 0.5) is 5.69 Å². The van der Waals surface area contributed by atoms with Crippen LogP contribution in [-0.2, 0) is 10.2 Å². The monoisotopic (exact) mass is 276 g/mol. The molecule has 1 aromatic rings. The van der Waals surface area contributed by atoms with Crippen molar-refractivity contribution in [3.63, 3.8) is 0 Å². The summed E-state index contributed by atoms with van der Waals surface area (Å²) in [6.45, 7) is 1.02. The Balaban J connectivity index is 2.25. The van der Waals surface area contributed by atoms with Gasteiger partial charge in [0.25, 0.3) is 0 Å². The van der Waals surface area contributed by atoms with Crippen LogP contribution in [0, 0.1) is 22.7 Å². The first-order chi connectivity index (χ1) is 9.06. The minimum absolute atomic E-state index is 0.157. The molecule has 98 valence electrons. The van der Waals surface area contributed by atoms with Gasteiger partial charge in [0, 0.05) is 13.1 Å². The number of hydrogen-bond acceptors (Lipinski definition) is 4. The Morgan fingerprint density at radius 1 is 1.11 bits per heavy atom. The zero-order valence-corrected chi connectivity index (χ0v) is 10.9. The Kier molecular flexibility index (Phi) is 3.70. The van der Waals surface area contributed by atoms with E-state index in [9.17, 15) is 8.42 Å². The highest BCUT2D eigenvalue weighted by molar-refractivity contribution is 7.90. The molecule has 7 heteroatoms. The Hall–Kier alpha value is -2.09. The average Bonchev–Trinajstić information content (AvgIpc) is 2.93. The third kappa shape index (κ3) is 2.84. The van der Waals surface area contributed by atoms with Gasteiger partial charge in [0.1, 0.15) is 12.1 Å². The summed E-state index contributed by atoms with van der Waals surface area (Å²) >= 11 is 0. The number of anilines is 1. The summed E-state index contributed by atoms with van der Waals surface area (Å²) in [6, 6.07) is 8.03.